The number of hydrogen-bond donors (Lipinski definition) is 0. The molecule has 11 heteroatoms. The van der Waals surface area contributed by atoms with Crippen LogP contribution in [0, 0.1) is 55.3 Å². The summed E-state index contributed by atoms with van der Waals surface area (Å²) in [6.45, 7) is 0. The standard InChI is InChI=1S/NO3.6H2O.Th/c2-1(3)4;;;;;;;/h;6*1H2;/q-1;;;;;;;+2. The fraction of sp³-hybridized carbons (Fsp3) is 0. The van der Waals surface area contributed by atoms with Crippen LogP contribution in [0.5, 0.6) is 0 Å². The normalized spacial score (nSPS) is 2.18. The summed E-state index contributed by atoms with van der Waals surface area (Å²) in [5, 5.41) is 14.8. The first-order valence-electron chi connectivity index (χ1n) is 0.548. The number of rotatable bonds is 0. The first kappa shape index (κ1) is 111. The van der Waals surface area contributed by atoms with Crippen LogP contribution in [-0.4, -0.2) is 37.9 Å². The maximum atomic E-state index is 8.25. The molecule has 0 aliphatic heterocycles. The van der Waals surface area contributed by atoms with Crippen LogP contribution in [0.2, 0.25) is 0 Å². The Bertz CT molecular complexity index is 32.5. The van der Waals surface area contributed by atoms with E-state index < -0.39 is 5.09 Å². The second-order valence-electron chi connectivity index (χ2n) is 0.224. The van der Waals surface area contributed by atoms with Gasteiger partial charge in [-0.15, -0.1) is 0 Å². The molecule has 0 heterocycles. The van der Waals surface area contributed by atoms with Gasteiger partial charge in [0, 0.05) is 0 Å². The Balaban J connectivity index is -0.00000000214. The van der Waals surface area contributed by atoms with Crippen LogP contribution in [0.3, 0.4) is 0 Å². The van der Waals surface area contributed by atoms with Gasteiger partial charge in [-0.25, -0.2) is 0 Å². The third-order valence-corrected chi connectivity index (χ3v) is 0. The maximum absolute atomic E-state index is 8.25. The molecule has 0 fully saturated rings. The predicted molar refractivity (Wildman–Crippen MR) is 32.0 cm³/mol. The summed E-state index contributed by atoms with van der Waals surface area (Å²) >= 11 is 0. The fourth-order valence-corrected chi connectivity index (χ4v) is 0. The van der Waals surface area contributed by atoms with Gasteiger partial charge < -0.3 is 48.2 Å². The molecule has 0 aliphatic carbocycles. The van der Waals surface area contributed by atoms with Gasteiger partial charge in [-0.05, 0) is 0 Å². The summed E-state index contributed by atoms with van der Waals surface area (Å²) in [5.41, 5.74) is 0. The molecule has 0 spiro atoms. The van der Waals surface area contributed by atoms with Crippen LogP contribution >= 0.6 is 0 Å². The monoisotopic (exact) mass is 402 g/mol. The molecule has 0 aliphatic rings. The minimum atomic E-state index is -1.75. The first-order chi connectivity index (χ1) is 1.73. The molecular weight excluding hydrogens is 390 g/mol. The molecule has 0 saturated carbocycles. The predicted octanol–water partition coefficient (Wildman–Crippen LogP) is -5.19. The van der Waals surface area contributed by atoms with Gasteiger partial charge in [-0.3, -0.25) is 0 Å². The summed E-state index contributed by atoms with van der Waals surface area (Å²) in [4.78, 5) is 8.25. The minimum Gasteiger partial charge on any atom is -0.412 e. The largest absolute Gasteiger partial charge is 2.00 e. The van der Waals surface area contributed by atoms with Gasteiger partial charge >= 0.3 is 39.9 Å². The van der Waals surface area contributed by atoms with E-state index >= 15 is 0 Å². The summed E-state index contributed by atoms with van der Waals surface area (Å²) in [7, 11) is 0. The van der Waals surface area contributed by atoms with Gasteiger partial charge in [0.05, 0.1) is 5.09 Å². The van der Waals surface area contributed by atoms with Crippen LogP contribution in [0.25, 0.3) is 0 Å². The zero-order valence-corrected chi connectivity index (χ0v) is 9.28. The topological polar surface area (TPSA) is 255 Å². The quantitative estimate of drug-likeness (QED) is 0.284. The molecule has 0 bridgehead atoms. The average Bonchev–Trinajstić information content (AvgIpc) is 0.811. The van der Waals surface area contributed by atoms with E-state index in [2.05, 4.69) is 0 Å². The van der Waals surface area contributed by atoms with Crippen molar-refractivity contribution in [2.75, 3.05) is 0 Å². The Morgan fingerprint density at radius 1 is 0.727 bits per heavy atom. The Labute approximate surface area is 92.8 Å². The molecular formula is H12NO9Th+. The molecule has 0 aromatic heterocycles. The maximum Gasteiger partial charge on any atom is 2.00 e. The van der Waals surface area contributed by atoms with Crippen LogP contribution in [0.15, 0.2) is 0 Å². The van der Waals surface area contributed by atoms with Crippen LogP contribution in [0.4, 0.5) is 0 Å². The van der Waals surface area contributed by atoms with Crippen molar-refractivity contribution in [3.05, 3.63) is 15.3 Å². The van der Waals surface area contributed by atoms with Crippen molar-refractivity contribution in [2.45, 2.75) is 0 Å². The molecule has 0 aromatic carbocycles. The van der Waals surface area contributed by atoms with E-state index in [1.165, 1.54) is 0 Å². The van der Waals surface area contributed by atoms with Crippen molar-refractivity contribution in [1.82, 2.24) is 0 Å². The van der Waals surface area contributed by atoms with Crippen molar-refractivity contribution >= 4 is 0 Å². The molecule has 0 rings (SSSR count). The molecule has 12 N–H and O–H groups in total. The first-order valence-corrected chi connectivity index (χ1v) is 0.548. The Morgan fingerprint density at radius 3 is 0.727 bits per heavy atom. The summed E-state index contributed by atoms with van der Waals surface area (Å²) in [6, 6.07) is 0. The Morgan fingerprint density at radius 2 is 0.727 bits per heavy atom. The van der Waals surface area contributed by atoms with E-state index in [4.69, 9.17) is 15.3 Å². The summed E-state index contributed by atoms with van der Waals surface area (Å²) < 4.78 is 0. The van der Waals surface area contributed by atoms with Gasteiger partial charge in [0.15, 0.2) is 0 Å². The molecule has 0 aromatic rings. The van der Waals surface area contributed by atoms with Crippen LogP contribution in [0.1, 0.15) is 0 Å². The second-order valence-corrected chi connectivity index (χ2v) is 0.224. The van der Waals surface area contributed by atoms with Crippen molar-refractivity contribution in [2.24, 2.45) is 0 Å². The van der Waals surface area contributed by atoms with Crippen molar-refractivity contribution in [3.8, 4) is 0 Å². The van der Waals surface area contributed by atoms with Gasteiger partial charge in [0.1, 0.15) is 0 Å². The van der Waals surface area contributed by atoms with Crippen LogP contribution < -0.4 is 0 Å². The molecule has 74 valence electrons. The SMILES string of the molecule is O.O.O.O.O.O.O=[N+]([O-])[O-].[Th+2]. The molecule has 0 radical (unpaired) electrons. The third kappa shape index (κ3) is 8710. The molecule has 0 unspecified atom stereocenters. The smallest absolute Gasteiger partial charge is 0.412 e. The summed E-state index contributed by atoms with van der Waals surface area (Å²) in [5.74, 6) is 0. The average molecular weight is 402 g/mol. The molecule has 0 amide bonds. The molecule has 11 heavy (non-hydrogen) atoms. The van der Waals surface area contributed by atoms with E-state index in [0.29, 0.717) is 0 Å². The van der Waals surface area contributed by atoms with Gasteiger partial charge in [0.2, 0.25) is 0 Å². The van der Waals surface area contributed by atoms with Crippen molar-refractivity contribution in [3.63, 3.8) is 0 Å². The Hall–Kier alpha value is 0.285. The van der Waals surface area contributed by atoms with Gasteiger partial charge in [-0.1, -0.05) is 0 Å². The van der Waals surface area contributed by atoms with E-state index in [1.54, 1.807) is 0 Å². The van der Waals surface area contributed by atoms with Crippen molar-refractivity contribution < 1.29 is 77.9 Å². The van der Waals surface area contributed by atoms with E-state index in [0.717, 1.165) is 0 Å². The van der Waals surface area contributed by atoms with Gasteiger partial charge in [-0.2, -0.15) is 0 Å². The van der Waals surface area contributed by atoms with Crippen LogP contribution in [-0.2, 0) is 0 Å². The number of hydrogen-bond acceptors (Lipinski definition) is 3. The van der Waals surface area contributed by atoms with E-state index in [9.17, 15) is 0 Å². The fourth-order valence-electron chi connectivity index (χ4n) is 0. The third-order valence-electron chi connectivity index (χ3n) is 0. The zero-order valence-electron chi connectivity index (χ0n) is 5.17. The Kier molecular flexibility index (Phi) is 826. The second kappa shape index (κ2) is 82.2. The van der Waals surface area contributed by atoms with Crippen molar-refractivity contribution in [1.29, 1.82) is 0 Å². The van der Waals surface area contributed by atoms with E-state index in [-0.39, 0.29) is 72.8 Å². The number of nitrogens with zero attached hydrogens (tertiary/aromatic N) is 1. The molecule has 0 atom stereocenters. The van der Waals surface area contributed by atoms with Gasteiger partial charge in [0.25, 0.3) is 0 Å². The molecule has 10 nitrogen and oxygen atoms in total. The minimum absolute atomic E-state index is 0. The van der Waals surface area contributed by atoms with E-state index in [1.807, 2.05) is 0 Å². The zero-order chi connectivity index (χ0) is 3.58. The molecule has 0 saturated heterocycles. The summed E-state index contributed by atoms with van der Waals surface area (Å²) in [6.07, 6.45) is 0.